The molecule has 1 atom stereocenters. The fraction of sp³-hybridized carbons (Fsp3) is 0.500. The van der Waals surface area contributed by atoms with Crippen molar-refractivity contribution in [1.29, 1.82) is 0 Å². The second-order valence-corrected chi connectivity index (χ2v) is 3.57. The lowest BCUT2D eigenvalue weighted by Gasteiger charge is -2.24. The minimum absolute atomic E-state index is 0.180. The van der Waals surface area contributed by atoms with Crippen molar-refractivity contribution in [2.75, 3.05) is 13.2 Å². The lowest BCUT2D eigenvalue weighted by Crippen LogP contribution is -2.32. The van der Waals surface area contributed by atoms with Crippen molar-refractivity contribution in [3.05, 3.63) is 35.1 Å². The number of ether oxygens (including phenoxy) is 2. The van der Waals surface area contributed by atoms with E-state index in [4.69, 9.17) is 15.2 Å². The summed E-state index contributed by atoms with van der Waals surface area (Å²) in [4.78, 5) is 0. The van der Waals surface area contributed by atoms with E-state index in [2.05, 4.69) is 0 Å². The lowest BCUT2D eigenvalue weighted by atomic mass is 10.1. The highest BCUT2D eigenvalue weighted by molar-refractivity contribution is 5.23. The van der Waals surface area contributed by atoms with Crippen LogP contribution in [0.15, 0.2) is 12.1 Å². The van der Waals surface area contributed by atoms with Crippen LogP contribution < -0.4 is 5.73 Å². The van der Waals surface area contributed by atoms with E-state index in [0.29, 0.717) is 13.2 Å². The zero-order valence-electron chi connectivity index (χ0n) is 10.3. The molecule has 102 valence electrons. The van der Waals surface area contributed by atoms with E-state index in [1.165, 1.54) is 0 Å². The van der Waals surface area contributed by atoms with Gasteiger partial charge in [-0.05, 0) is 19.9 Å². The zero-order valence-corrected chi connectivity index (χ0v) is 10.3. The Morgan fingerprint density at radius 3 is 2.11 bits per heavy atom. The molecule has 0 aromatic heterocycles. The second-order valence-electron chi connectivity index (χ2n) is 3.57. The Hall–Kier alpha value is -1.11. The first-order valence-corrected chi connectivity index (χ1v) is 5.65. The van der Waals surface area contributed by atoms with Gasteiger partial charge >= 0.3 is 0 Å². The molecule has 2 N–H and O–H groups in total. The third-order valence-corrected chi connectivity index (χ3v) is 2.38. The first-order chi connectivity index (χ1) is 8.52. The van der Waals surface area contributed by atoms with Crippen LogP contribution in [0.25, 0.3) is 0 Å². The van der Waals surface area contributed by atoms with Crippen LogP contribution in [0.2, 0.25) is 0 Å². The highest BCUT2D eigenvalue weighted by Gasteiger charge is 2.25. The third-order valence-electron chi connectivity index (χ3n) is 2.38. The van der Waals surface area contributed by atoms with Crippen molar-refractivity contribution in [2.24, 2.45) is 5.73 Å². The van der Waals surface area contributed by atoms with E-state index in [1.54, 1.807) is 13.8 Å². The summed E-state index contributed by atoms with van der Waals surface area (Å²) in [5.41, 5.74) is 5.57. The van der Waals surface area contributed by atoms with Crippen molar-refractivity contribution >= 4 is 0 Å². The van der Waals surface area contributed by atoms with E-state index in [0.717, 1.165) is 12.1 Å². The fourth-order valence-corrected chi connectivity index (χ4v) is 1.53. The molecule has 1 aromatic rings. The maximum atomic E-state index is 13.5. The number of rotatable bonds is 6. The molecule has 0 aliphatic rings. The molecule has 0 radical (unpaired) electrons. The minimum atomic E-state index is -1.55. The molecule has 0 fully saturated rings. The molecular weight excluding hydrogens is 247 g/mol. The predicted octanol–water partition coefficient (Wildman–Crippen LogP) is 2.50. The summed E-state index contributed by atoms with van der Waals surface area (Å²) in [6, 6.07) is 0.881. The number of benzene rings is 1. The molecule has 0 heterocycles. The van der Waals surface area contributed by atoms with E-state index in [9.17, 15) is 13.2 Å². The molecule has 6 heteroatoms. The Morgan fingerprint density at radius 2 is 1.61 bits per heavy atom. The van der Waals surface area contributed by atoms with Crippen LogP contribution in [-0.2, 0) is 9.47 Å². The van der Waals surface area contributed by atoms with Crippen LogP contribution in [0, 0.1) is 17.5 Å². The molecule has 0 amide bonds. The van der Waals surface area contributed by atoms with Crippen LogP contribution >= 0.6 is 0 Å². The molecule has 1 unspecified atom stereocenters. The zero-order chi connectivity index (χ0) is 13.7. The number of nitrogens with two attached hydrogens (primary N) is 1. The Balaban J connectivity index is 3.00. The highest BCUT2D eigenvalue weighted by Crippen LogP contribution is 2.24. The van der Waals surface area contributed by atoms with Gasteiger partial charge in [-0.25, -0.2) is 13.2 Å². The molecule has 0 aliphatic carbocycles. The van der Waals surface area contributed by atoms with Crippen LogP contribution in [0.3, 0.4) is 0 Å². The van der Waals surface area contributed by atoms with Gasteiger partial charge in [0.05, 0.1) is 6.04 Å². The fourth-order valence-electron chi connectivity index (χ4n) is 1.53. The summed E-state index contributed by atoms with van der Waals surface area (Å²) in [7, 11) is 0. The molecule has 0 spiro atoms. The van der Waals surface area contributed by atoms with Gasteiger partial charge in [0.15, 0.2) is 23.7 Å². The largest absolute Gasteiger partial charge is 0.351 e. The van der Waals surface area contributed by atoms with Crippen molar-refractivity contribution in [1.82, 2.24) is 0 Å². The number of hydrogen-bond donors (Lipinski definition) is 1. The molecule has 1 rings (SSSR count). The van der Waals surface area contributed by atoms with E-state index < -0.39 is 29.8 Å². The first kappa shape index (κ1) is 14.9. The summed E-state index contributed by atoms with van der Waals surface area (Å²) in [5.74, 6) is -4.12. The molecule has 18 heavy (non-hydrogen) atoms. The number of hydrogen-bond acceptors (Lipinski definition) is 3. The van der Waals surface area contributed by atoms with E-state index in [1.807, 2.05) is 0 Å². The number of halogens is 3. The maximum absolute atomic E-state index is 13.5. The minimum Gasteiger partial charge on any atom is -0.351 e. The first-order valence-electron chi connectivity index (χ1n) is 5.65. The monoisotopic (exact) mass is 263 g/mol. The predicted molar refractivity (Wildman–Crippen MR) is 60.3 cm³/mol. The highest BCUT2D eigenvalue weighted by atomic mass is 19.2. The van der Waals surface area contributed by atoms with Crippen molar-refractivity contribution in [3.8, 4) is 0 Å². The standard InChI is InChI=1S/C12H16F3NO2/c1-3-17-12(18-4-2)11(16)7-5-6-8(13)10(15)9(7)14/h5-6,11-12H,3-4,16H2,1-2H3. The summed E-state index contributed by atoms with van der Waals surface area (Å²) >= 11 is 0. The molecular formula is C12H16F3NO2. The summed E-state index contributed by atoms with van der Waals surface area (Å²) in [6.45, 7) is 4.06. The van der Waals surface area contributed by atoms with Crippen LogP contribution in [0.1, 0.15) is 25.5 Å². The summed E-state index contributed by atoms with van der Waals surface area (Å²) < 4.78 is 49.8. The normalized spacial score (nSPS) is 13.1. The topological polar surface area (TPSA) is 44.5 Å². The van der Waals surface area contributed by atoms with E-state index >= 15 is 0 Å². The SMILES string of the molecule is CCOC(OCC)C(N)c1ccc(F)c(F)c1F. The van der Waals surface area contributed by atoms with Crippen molar-refractivity contribution in [2.45, 2.75) is 26.2 Å². The van der Waals surface area contributed by atoms with Crippen molar-refractivity contribution < 1.29 is 22.6 Å². The van der Waals surface area contributed by atoms with Crippen LogP contribution in [0.5, 0.6) is 0 Å². The van der Waals surface area contributed by atoms with Gasteiger partial charge in [-0.1, -0.05) is 6.07 Å². The maximum Gasteiger partial charge on any atom is 0.194 e. The molecule has 0 saturated heterocycles. The van der Waals surface area contributed by atoms with Gasteiger partial charge in [0.1, 0.15) is 0 Å². The molecule has 3 nitrogen and oxygen atoms in total. The Morgan fingerprint density at radius 1 is 1.06 bits per heavy atom. The Bertz CT molecular complexity index is 395. The van der Waals surface area contributed by atoms with Gasteiger partial charge in [0.2, 0.25) is 0 Å². The summed E-state index contributed by atoms with van der Waals surface area (Å²) in [6.07, 6.45) is -0.903. The Labute approximate surface area is 104 Å². The van der Waals surface area contributed by atoms with Crippen LogP contribution in [0.4, 0.5) is 13.2 Å². The lowest BCUT2D eigenvalue weighted by molar-refractivity contribution is -0.149. The summed E-state index contributed by atoms with van der Waals surface area (Å²) in [5, 5.41) is 0. The molecule has 0 saturated carbocycles. The van der Waals surface area contributed by atoms with Gasteiger partial charge < -0.3 is 15.2 Å². The van der Waals surface area contributed by atoms with Gasteiger partial charge in [-0.15, -0.1) is 0 Å². The van der Waals surface area contributed by atoms with Crippen molar-refractivity contribution in [3.63, 3.8) is 0 Å². The molecule has 1 aromatic carbocycles. The quantitative estimate of drug-likeness (QED) is 0.633. The third kappa shape index (κ3) is 3.22. The average molecular weight is 263 g/mol. The Kier molecular flexibility index (Phi) is 5.58. The van der Waals surface area contributed by atoms with E-state index in [-0.39, 0.29) is 5.56 Å². The average Bonchev–Trinajstić information content (AvgIpc) is 2.35. The molecule has 0 aliphatic heterocycles. The van der Waals surface area contributed by atoms with Gasteiger partial charge in [0.25, 0.3) is 0 Å². The molecule has 0 bridgehead atoms. The van der Waals surface area contributed by atoms with Gasteiger partial charge in [-0.3, -0.25) is 0 Å². The van der Waals surface area contributed by atoms with Gasteiger partial charge in [-0.2, -0.15) is 0 Å². The van der Waals surface area contributed by atoms with Gasteiger partial charge in [0, 0.05) is 18.8 Å². The second kappa shape index (κ2) is 6.72. The smallest absolute Gasteiger partial charge is 0.194 e. The van der Waals surface area contributed by atoms with Crippen LogP contribution in [-0.4, -0.2) is 19.5 Å².